The van der Waals surface area contributed by atoms with E-state index < -0.39 is 97.5 Å². The Kier molecular flexibility index (Phi) is 72.5. The zero-order valence-electron chi connectivity index (χ0n) is 68.7. The molecule has 0 aromatic carbocycles. The highest BCUT2D eigenvalue weighted by atomic mass is 31.2. The van der Waals surface area contributed by atoms with Crippen LogP contribution in [-0.4, -0.2) is 96.7 Å². The van der Waals surface area contributed by atoms with E-state index in [2.05, 4.69) is 55.4 Å². The number of aliphatic hydroxyl groups is 1. The van der Waals surface area contributed by atoms with Crippen LogP contribution in [0.2, 0.25) is 0 Å². The van der Waals surface area contributed by atoms with Gasteiger partial charge in [0, 0.05) is 25.7 Å². The van der Waals surface area contributed by atoms with Gasteiger partial charge in [-0.15, -0.1) is 0 Å². The summed E-state index contributed by atoms with van der Waals surface area (Å²) in [5.74, 6) is 1.02. The van der Waals surface area contributed by atoms with Crippen LogP contribution in [0.15, 0.2) is 0 Å². The largest absolute Gasteiger partial charge is 0.472 e. The first-order valence-electron chi connectivity index (χ1n) is 43.7. The molecule has 0 heterocycles. The maximum atomic E-state index is 13.1. The van der Waals surface area contributed by atoms with E-state index in [9.17, 15) is 43.2 Å². The molecule has 0 radical (unpaired) electrons. The zero-order valence-corrected chi connectivity index (χ0v) is 70.5. The second-order valence-corrected chi connectivity index (χ2v) is 35.4. The molecule has 0 aromatic rings. The first-order valence-corrected chi connectivity index (χ1v) is 46.7. The second-order valence-electron chi connectivity index (χ2n) is 32.5. The van der Waals surface area contributed by atoms with Crippen LogP contribution in [0.3, 0.4) is 0 Å². The summed E-state index contributed by atoms with van der Waals surface area (Å²) in [6.07, 6.45) is 62.5. The van der Waals surface area contributed by atoms with E-state index in [1.54, 1.807) is 0 Å². The standard InChI is InChI=1S/C85H166O17P2/c1-75(2)61-53-45-37-29-22-17-13-11-9-10-12-14-20-26-34-43-51-59-67-84(89)101-80(71-95-82(87)65-57-49-41-33-25-19-16-15-18-23-30-38-46-54-62-76(3)4)73-99-103(91,92)97-69-79(86)70-98-104(93,94)100-74-81(72-96-83(88)66-58-50-42-36-28-32-40-48-56-64-78(7)8)102-85(90)68-60-52-44-35-27-21-24-31-39-47-55-63-77(5)6/h75-81,86H,9-74H2,1-8H3,(H,91,92)(H,93,94)/t79-,80-,81-/m1/s1. The van der Waals surface area contributed by atoms with Gasteiger partial charge in [-0.25, -0.2) is 9.13 Å². The van der Waals surface area contributed by atoms with Crippen LogP contribution >= 0.6 is 15.6 Å². The Morgan fingerprint density at radius 3 is 0.596 bits per heavy atom. The number of esters is 4. The van der Waals surface area contributed by atoms with E-state index in [1.807, 2.05) is 0 Å². The van der Waals surface area contributed by atoms with Gasteiger partial charge >= 0.3 is 39.5 Å². The van der Waals surface area contributed by atoms with Crippen molar-refractivity contribution >= 4 is 39.5 Å². The van der Waals surface area contributed by atoms with Crippen molar-refractivity contribution < 1.29 is 80.2 Å². The summed E-state index contributed by atoms with van der Waals surface area (Å²) in [5, 5.41) is 10.7. The summed E-state index contributed by atoms with van der Waals surface area (Å²) < 4.78 is 68.9. The van der Waals surface area contributed by atoms with Crippen molar-refractivity contribution in [2.45, 2.75) is 459 Å². The predicted octanol–water partition coefficient (Wildman–Crippen LogP) is 25.6. The van der Waals surface area contributed by atoms with Gasteiger partial charge in [-0.3, -0.25) is 37.3 Å². The van der Waals surface area contributed by atoms with Gasteiger partial charge in [-0.05, 0) is 49.4 Å². The molecule has 19 heteroatoms. The Labute approximate surface area is 638 Å². The SMILES string of the molecule is CC(C)CCCCCCCCCCCCCCCCCCCCC(=O)O[C@H](COC(=O)CCCCCCCCCCCCCCCCC(C)C)COP(=O)(O)OC[C@@H](O)COP(=O)(O)OC[C@@H](COC(=O)CCCCCCCCCCCC(C)C)OC(=O)CCCCCCCCCCCCCC(C)C. The summed E-state index contributed by atoms with van der Waals surface area (Å²) in [6, 6.07) is 0. The lowest BCUT2D eigenvalue weighted by atomic mass is 10.0. The highest BCUT2D eigenvalue weighted by Crippen LogP contribution is 2.45. The highest BCUT2D eigenvalue weighted by Gasteiger charge is 2.30. The quantitative estimate of drug-likeness (QED) is 0.0222. The van der Waals surface area contributed by atoms with Crippen LogP contribution in [0.5, 0.6) is 0 Å². The summed E-state index contributed by atoms with van der Waals surface area (Å²) in [7, 11) is -9.93. The van der Waals surface area contributed by atoms with Crippen molar-refractivity contribution in [1.82, 2.24) is 0 Å². The maximum absolute atomic E-state index is 13.1. The minimum atomic E-state index is -4.97. The molecule has 0 aromatic heterocycles. The third kappa shape index (κ3) is 78.2. The Morgan fingerprint density at radius 1 is 0.240 bits per heavy atom. The van der Waals surface area contributed by atoms with Gasteiger partial charge in [-0.1, -0.05) is 389 Å². The van der Waals surface area contributed by atoms with Crippen LogP contribution < -0.4 is 0 Å². The Morgan fingerprint density at radius 2 is 0.404 bits per heavy atom. The lowest BCUT2D eigenvalue weighted by molar-refractivity contribution is -0.161. The second kappa shape index (κ2) is 73.8. The third-order valence-electron chi connectivity index (χ3n) is 19.8. The molecular formula is C85H166O17P2. The van der Waals surface area contributed by atoms with E-state index in [-0.39, 0.29) is 25.7 Å². The van der Waals surface area contributed by atoms with Gasteiger partial charge in [-0.2, -0.15) is 0 Å². The molecule has 0 saturated carbocycles. The molecule has 0 aliphatic carbocycles. The van der Waals surface area contributed by atoms with Gasteiger partial charge in [0.15, 0.2) is 12.2 Å². The molecule has 0 rings (SSSR count). The van der Waals surface area contributed by atoms with Crippen LogP contribution in [0.1, 0.15) is 441 Å². The molecule has 0 aliphatic heterocycles. The van der Waals surface area contributed by atoms with Crippen LogP contribution in [0.4, 0.5) is 0 Å². The topological polar surface area (TPSA) is 237 Å². The Hall–Kier alpha value is -1.94. The van der Waals surface area contributed by atoms with E-state index in [0.29, 0.717) is 25.7 Å². The van der Waals surface area contributed by atoms with Crippen molar-refractivity contribution in [3.63, 3.8) is 0 Å². The molecule has 618 valence electrons. The molecule has 0 aliphatic rings. The van der Waals surface area contributed by atoms with Gasteiger partial charge in [0.05, 0.1) is 26.4 Å². The smallest absolute Gasteiger partial charge is 0.462 e. The molecule has 0 amide bonds. The fourth-order valence-electron chi connectivity index (χ4n) is 13.1. The minimum Gasteiger partial charge on any atom is -0.462 e. The normalized spacial score (nSPS) is 14.0. The molecule has 3 N–H and O–H groups in total. The third-order valence-corrected chi connectivity index (χ3v) is 21.7. The van der Waals surface area contributed by atoms with E-state index >= 15 is 0 Å². The van der Waals surface area contributed by atoms with Crippen molar-refractivity contribution in [2.75, 3.05) is 39.6 Å². The van der Waals surface area contributed by atoms with Gasteiger partial charge in [0.1, 0.15) is 19.3 Å². The fraction of sp³-hybridized carbons (Fsp3) is 0.953. The number of phosphoric ester groups is 2. The monoisotopic (exact) mass is 1520 g/mol. The van der Waals surface area contributed by atoms with Gasteiger partial charge in [0.25, 0.3) is 0 Å². The maximum Gasteiger partial charge on any atom is 0.472 e. The zero-order chi connectivity index (χ0) is 76.7. The summed E-state index contributed by atoms with van der Waals surface area (Å²) >= 11 is 0. The van der Waals surface area contributed by atoms with Crippen molar-refractivity contribution in [3.8, 4) is 0 Å². The Balaban J connectivity index is 5.25. The number of carbonyl (C=O) groups excluding carboxylic acids is 4. The number of ether oxygens (including phenoxy) is 4. The van der Waals surface area contributed by atoms with Gasteiger partial charge in [0.2, 0.25) is 0 Å². The number of hydrogen-bond acceptors (Lipinski definition) is 15. The molecular weight excluding hydrogens is 1350 g/mol. The molecule has 5 atom stereocenters. The average Bonchev–Trinajstić information content (AvgIpc) is 0.906. The number of unbranched alkanes of at least 4 members (excludes halogenated alkanes) is 48. The Bertz CT molecular complexity index is 2020. The van der Waals surface area contributed by atoms with Crippen molar-refractivity contribution in [3.05, 3.63) is 0 Å². The lowest BCUT2D eigenvalue weighted by Crippen LogP contribution is -2.30. The van der Waals surface area contributed by atoms with Crippen molar-refractivity contribution in [1.29, 1.82) is 0 Å². The molecule has 0 bridgehead atoms. The summed E-state index contributed by atoms with van der Waals surface area (Å²) in [4.78, 5) is 73.2. The molecule has 17 nitrogen and oxygen atoms in total. The predicted molar refractivity (Wildman–Crippen MR) is 428 cm³/mol. The number of phosphoric acid groups is 2. The molecule has 0 spiro atoms. The fourth-order valence-corrected chi connectivity index (χ4v) is 14.7. The van der Waals surface area contributed by atoms with Gasteiger partial charge < -0.3 is 33.8 Å². The number of carbonyl (C=O) groups is 4. The average molecular weight is 1520 g/mol. The summed E-state index contributed by atoms with van der Waals surface area (Å²) in [5.41, 5.74) is 0. The van der Waals surface area contributed by atoms with E-state index in [0.717, 1.165) is 114 Å². The highest BCUT2D eigenvalue weighted by molar-refractivity contribution is 7.47. The number of hydrogen-bond donors (Lipinski definition) is 3. The first kappa shape index (κ1) is 102. The van der Waals surface area contributed by atoms with E-state index in [4.69, 9.17) is 37.0 Å². The van der Waals surface area contributed by atoms with Crippen LogP contribution in [0.25, 0.3) is 0 Å². The molecule has 0 fully saturated rings. The van der Waals surface area contributed by atoms with Crippen LogP contribution in [-0.2, 0) is 65.4 Å². The van der Waals surface area contributed by atoms with Crippen LogP contribution in [0, 0.1) is 23.7 Å². The summed E-state index contributed by atoms with van der Waals surface area (Å²) in [6.45, 7) is 14.3. The van der Waals surface area contributed by atoms with E-state index in [1.165, 1.54) is 244 Å². The molecule has 2 unspecified atom stereocenters. The minimum absolute atomic E-state index is 0.106. The van der Waals surface area contributed by atoms with Crippen molar-refractivity contribution in [2.24, 2.45) is 23.7 Å². The lowest BCUT2D eigenvalue weighted by Gasteiger charge is -2.21. The number of rotatable bonds is 82. The molecule has 0 saturated heterocycles. The number of aliphatic hydroxyl groups excluding tert-OH is 1. The molecule has 104 heavy (non-hydrogen) atoms. The first-order chi connectivity index (χ1) is 50.1.